The lowest BCUT2D eigenvalue weighted by Gasteiger charge is -2.21. The smallest absolute Gasteiger partial charge is 0.294 e. The van der Waals surface area contributed by atoms with Gasteiger partial charge in [-0.1, -0.05) is 12.1 Å². The average molecular weight is 285 g/mol. The lowest BCUT2D eigenvalue weighted by atomic mass is 10.1. The molecular weight excluding hydrogens is 266 g/mol. The number of aromatic nitrogens is 2. The highest BCUT2D eigenvalue weighted by Crippen LogP contribution is 2.23. The normalized spacial score (nSPS) is 10.7. The van der Waals surface area contributed by atoms with E-state index in [1.165, 1.54) is 0 Å². The van der Waals surface area contributed by atoms with Crippen LogP contribution in [0.1, 0.15) is 25.5 Å². The van der Waals surface area contributed by atoms with Gasteiger partial charge in [0.05, 0.1) is 5.69 Å². The van der Waals surface area contributed by atoms with Gasteiger partial charge in [0.1, 0.15) is 5.84 Å². The van der Waals surface area contributed by atoms with E-state index in [0.717, 1.165) is 0 Å². The third-order valence-corrected chi connectivity index (χ3v) is 3.28. The number of nitrogens with one attached hydrogen (secondary N) is 1. The van der Waals surface area contributed by atoms with Crippen molar-refractivity contribution in [2.24, 2.45) is 5.73 Å². The van der Waals surface area contributed by atoms with Crippen molar-refractivity contribution in [2.75, 3.05) is 11.9 Å². The van der Waals surface area contributed by atoms with E-state index in [1.54, 1.807) is 41.0 Å². The number of para-hydroxylation sites is 1. The zero-order valence-corrected chi connectivity index (χ0v) is 12.4. The molecule has 0 aliphatic heterocycles. The van der Waals surface area contributed by atoms with Crippen LogP contribution in [-0.2, 0) is 0 Å². The van der Waals surface area contributed by atoms with Gasteiger partial charge >= 0.3 is 0 Å². The first kappa shape index (κ1) is 14.8. The molecule has 1 heterocycles. The Morgan fingerprint density at radius 1 is 1.38 bits per heavy atom. The molecule has 0 saturated carbocycles. The topological polar surface area (TPSA) is 88.0 Å². The number of nitrogens with two attached hydrogens (primary N) is 1. The molecule has 0 radical (unpaired) electrons. The monoisotopic (exact) mass is 285 g/mol. The van der Waals surface area contributed by atoms with Crippen LogP contribution in [0.15, 0.2) is 41.5 Å². The number of benzene rings is 1. The first-order valence-electron chi connectivity index (χ1n) is 6.67. The maximum atomic E-state index is 12.5. The maximum Gasteiger partial charge on any atom is 0.294 e. The van der Waals surface area contributed by atoms with E-state index in [-0.39, 0.29) is 17.4 Å². The molecule has 0 fully saturated rings. The molecule has 110 valence electrons. The van der Waals surface area contributed by atoms with Crippen molar-refractivity contribution in [3.63, 3.8) is 0 Å². The molecule has 2 rings (SSSR count). The Balaban J connectivity index is 2.56. The molecule has 0 bridgehead atoms. The van der Waals surface area contributed by atoms with E-state index in [4.69, 9.17) is 11.1 Å². The highest BCUT2D eigenvalue weighted by Gasteiger charge is 2.16. The maximum absolute atomic E-state index is 12.5. The van der Waals surface area contributed by atoms with Crippen LogP contribution in [0, 0.1) is 5.41 Å². The van der Waals surface area contributed by atoms with Gasteiger partial charge in [0, 0.05) is 31.0 Å². The van der Waals surface area contributed by atoms with E-state index in [9.17, 15) is 4.79 Å². The lowest BCUT2D eigenvalue weighted by Crippen LogP contribution is -2.30. The molecule has 3 N–H and O–H groups in total. The molecule has 1 aromatic heterocycles. The van der Waals surface area contributed by atoms with E-state index in [0.29, 0.717) is 17.1 Å². The molecule has 0 aliphatic rings. The van der Waals surface area contributed by atoms with Crippen LogP contribution >= 0.6 is 0 Å². The van der Waals surface area contributed by atoms with Gasteiger partial charge in [0.15, 0.2) is 5.82 Å². The predicted octanol–water partition coefficient (Wildman–Crippen LogP) is 1.88. The SMILES string of the molecule is CC(C)n1ccnc(N(C)c2ccccc2C(=N)N)c1=O. The van der Waals surface area contributed by atoms with Crippen molar-refractivity contribution in [1.82, 2.24) is 9.55 Å². The minimum absolute atomic E-state index is 0.0439. The van der Waals surface area contributed by atoms with E-state index in [1.807, 2.05) is 26.0 Å². The van der Waals surface area contributed by atoms with Gasteiger partial charge in [0.2, 0.25) is 0 Å². The molecule has 1 aromatic carbocycles. The molecule has 2 aromatic rings. The number of nitrogen functional groups attached to an aromatic ring is 1. The molecule has 0 saturated heterocycles. The van der Waals surface area contributed by atoms with Crippen molar-refractivity contribution in [3.8, 4) is 0 Å². The summed E-state index contributed by atoms with van der Waals surface area (Å²) in [6.45, 7) is 3.88. The summed E-state index contributed by atoms with van der Waals surface area (Å²) in [5.74, 6) is 0.262. The second kappa shape index (κ2) is 5.78. The van der Waals surface area contributed by atoms with Crippen LogP contribution in [0.4, 0.5) is 11.5 Å². The van der Waals surface area contributed by atoms with Gasteiger partial charge in [-0.15, -0.1) is 0 Å². The van der Waals surface area contributed by atoms with E-state index in [2.05, 4.69) is 4.98 Å². The fourth-order valence-corrected chi connectivity index (χ4v) is 2.16. The molecule has 0 aliphatic carbocycles. The highest BCUT2D eigenvalue weighted by molar-refractivity contribution is 6.01. The van der Waals surface area contributed by atoms with E-state index < -0.39 is 0 Å². The largest absolute Gasteiger partial charge is 0.384 e. The number of nitrogens with zero attached hydrogens (tertiary/aromatic N) is 3. The Labute approximate surface area is 123 Å². The molecule has 6 nitrogen and oxygen atoms in total. The van der Waals surface area contributed by atoms with Crippen LogP contribution < -0.4 is 16.2 Å². The van der Waals surface area contributed by atoms with Crippen molar-refractivity contribution in [1.29, 1.82) is 5.41 Å². The standard InChI is InChI=1S/C15H19N5O/c1-10(2)20-9-8-18-14(15(20)21)19(3)12-7-5-4-6-11(12)13(16)17/h4-10H,1-3H3,(H3,16,17). The third-order valence-electron chi connectivity index (χ3n) is 3.28. The van der Waals surface area contributed by atoms with Crippen LogP contribution in [0.5, 0.6) is 0 Å². The Hall–Kier alpha value is -2.63. The summed E-state index contributed by atoms with van der Waals surface area (Å²) in [4.78, 5) is 18.3. The summed E-state index contributed by atoms with van der Waals surface area (Å²) in [6, 6.07) is 7.25. The van der Waals surface area contributed by atoms with Gasteiger partial charge in [-0.3, -0.25) is 10.2 Å². The number of hydrogen-bond donors (Lipinski definition) is 2. The van der Waals surface area contributed by atoms with E-state index >= 15 is 0 Å². The van der Waals surface area contributed by atoms with Gasteiger partial charge in [-0.25, -0.2) is 4.98 Å². The fourth-order valence-electron chi connectivity index (χ4n) is 2.16. The van der Waals surface area contributed by atoms with Crippen LogP contribution in [-0.4, -0.2) is 22.4 Å². The molecular formula is C15H19N5O. The summed E-state index contributed by atoms with van der Waals surface area (Å²) >= 11 is 0. The zero-order valence-electron chi connectivity index (χ0n) is 12.4. The van der Waals surface area contributed by atoms with Gasteiger partial charge < -0.3 is 15.2 Å². The van der Waals surface area contributed by atoms with Crippen molar-refractivity contribution >= 4 is 17.3 Å². The minimum atomic E-state index is -0.173. The predicted molar refractivity (Wildman–Crippen MR) is 84.4 cm³/mol. The Kier molecular flexibility index (Phi) is 4.07. The highest BCUT2D eigenvalue weighted by atomic mass is 16.1. The van der Waals surface area contributed by atoms with Crippen molar-refractivity contribution in [3.05, 3.63) is 52.6 Å². The second-order valence-corrected chi connectivity index (χ2v) is 5.05. The Morgan fingerprint density at radius 3 is 2.67 bits per heavy atom. The minimum Gasteiger partial charge on any atom is -0.384 e. The average Bonchev–Trinajstić information content (AvgIpc) is 2.46. The fraction of sp³-hybridized carbons (Fsp3) is 0.267. The molecule has 21 heavy (non-hydrogen) atoms. The number of amidine groups is 1. The third kappa shape index (κ3) is 2.79. The molecule has 0 atom stereocenters. The molecule has 6 heteroatoms. The first-order valence-corrected chi connectivity index (χ1v) is 6.67. The molecule has 0 amide bonds. The zero-order chi connectivity index (χ0) is 15.6. The molecule has 0 spiro atoms. The van der Waals surface area contributed by atoms with Gasteiger partial charge in [0.25, 0.3) is 5.56 Å². The van der Waals surface area contributed by atoms with Crippen LogP contribution in [0.25, 0.3) is 0 Å². The number of hydrogen-bond acceptors (Lipinski definition) is 4. The van der Waals surface area contributed by atoms with Crippen LogP contribution in [0.3, 0.4) is 0 Å². The summed E-state index contributed by atoms with van der Waals surface area (Å²) in [5, 5.41) is 7.64. The first-order chi connectivity index (χ1) is 9.93. The summed E-state index contributed by atoms with van der Waals surface area (Å²) < 4.78 is 1.62. The number of rotatable bonds is 4. The lowest BCUT2D eigenvalue weighted by molar-refractivity contribution is 0.574. The molecule has 0 unspecified atom stereocenters. The summed E-state index contributed by atoms with van der Waals surface area (Å²) in [5.41, 5.74) is 6.67. The van der Waals surface area contributed by atoms with Gasteiger partial charge in [-0.2, -0.15) is 0 Å². The van der Waals surface area contributed by atoms with Crippen molar-refractivity contribution in [2.45, 2.75) is 19.9 Å². The second-order valence-electron chi connectivity index (χ2n) is 5.05. The number of anilines is 2. The van der Waals surface area contributed by atoms with Crippen molar-refractivity contribution < 1.29 is 0 Å². The summed E-state index contributed by atoms with van der Waals surface area (Å²) in [7, 11) is 1.75. The summed E-state index contributed by atoms with van der Waals surface area (Å²) in [6.07, 6.45) is 3.27. The Bertz CT molecular complexity index is 720. The van der Waals surface area contributed by atoms with Gasteiger partial charge in [-0.05, 0) is 26.0 Å². The van der Waals surface area contributed by atoms with Crippen LogP contribution in [0.2, 0.25) is 0 Å². The quantitative estimate of drug-likeness (QED) is 0.663. The Morgan fingerprint density at radius 2 is 2.05 bits per heavy atom.